The lowest BCUT2D eigenvalue weighted by molar-refractivity contribution is 0.449. The first-order chi connectivity index (χ1) is 9.38. The lowest BCUT2D eigenvalue weighted by Crippen LogP contribution is -2.16. The van der Waals surface area contributed by atoms with Crippen molar-refractivity contribution < 1.29 is 13.2 Å². The van der Waals surface area contributed by atoms with E-state index < -0.39 is 17.5 Å². The predicted octanol–water partition coefficient (Wildman–Crippen LogP) is 1.68. The van der Waals surface area contributed by atoms with Crippen molar-refractivity contribution in [2.24, 2.45) is 0 Å². The Kier molecular flexibility index (Phi) is 3.59. The van der Waals surface area contributed by atoms with E-state index in [0.717, 1.165) is 12.1 Å². The summed E-state index contributed by atoms with van der Waals surface area (Å²) in [6.07, 6.45) is 0. The Balaban J connectivity index is 2.37. The molecule has 0 amide bonds. The molecule has 1 aromatic heterocycles. The number of nitrogens with zero attached hydrogens (tertiary/aromatic N) is 4. The van der Waals surface area contributed by atoms with Gasteiger partial charge >= 0.3 is 0 Å². The van der Waals surface area contributed by atoms with E-state index in [9.17, 15) is 13.2 Å². The van der Waals surface area contributed by atoms with Gasteiger partial charge in [-0.15, -0.1) is 0 Å². The summed E-state index contributed by atoms with van der Waals surface area (Å²) in [7, 11) is 3.35. The Morgan fingerprint density at radius 2 is 1.75 bits per heavy atom. The zero-order valence-electron chi connectivity index (χ0n) is 10.7. The topological polar surface area (TPSA) is 80.0 Å². The molecule has 0 fully saturated rings. The Hall–Kier alpha value is -2.58. The highest BCUT2D eigenvalue weighted by molar-refractivity contribution is 5.56. The minimum absolute atomic E-state index is 0.0777. The molecule has 0 spiro atoms. The molecular formula is C11H11F3N6. The van der Waals surface area contributed by atoms with Crippen LogP contribution in [0.25, 0.3) is 0 Å². The average Bonchev–Trinajstić information content (AvgIpc) is 2.39. The summed E-state index contributed by atoms with van der Waals surface area (Å²) in [5.41, 5.74) is 5.18. The zero-order chi connectivity index (χ0) is 14.9. The van der Waals surface area contributed by atoms with E-state index in [4.69, 9.17) is 5.73 Å². The van der Waals surface area contributed by atoms with E-state index >= 15 is 0 Å². The Labute approximate surface area is 112 Å². The average molecular weight is 284 g/mol. The molecule has 2 rings (SSSR count). The number of aromatic nitrogens is 3. The third-order valence-corrected chi connectivity index (χ3v) is 2.32. The van der Waals surface area contributed by atoms with Gasteiger partial charge < -0.3 is 16.0 Å². The van der Waals surface area contributed by atoms with Crippen LogP contribution in [-0.4, -0.2) is 29.0 Å². The lowest BCUT2D eigenvalue weighted by Gasteiger charge is -2.12. The van der Waals surface area contributed by atoms with Crippen molar-refractivity contribution in [3.63, 3.8) is 0 Å². The van der Waals surface area contributed by atoms with Gasteiger partial charge in [-0.25, -0.2) is 13.2 Å². The molecule has 0 aliphatic heterocycles. The second-order valence-electron chi connectivity index (χ2n) is 4.06. The van der Waals surface area contributed by atoms with Crippen LogP contribution < -0.4 is 16.0 Å². The smallest absolute Gasteiger partial charge is 0.233 e. The van der Waals surface area contributed by atoms with E-state index in [1.165, 1.54) is 0 Å². The summed E-state index contributed by atoms with van der Waals surface area (Å²) < 4.78 is 39.4. The minimum atomic E-state index is -1.58. The number of rotatable bonds is 3. The highest BCUT2D eigenvalue weighted by Crippen LogP contribution is 2.22. The molecular weight excluding hydrogens is 273 g/mol. The van der Waals surface area contributed by atoms with Crippen LogP contribution in [0.3, 0.4) is 0 Å². The third-order valence-electron chi connectivity index (χ3n) is 2.32. The lowest BCUT2D eigenvalue weighted by atomic mass is 10.3. The van der Waals surface area contributed by atoms with Gasteiger partial charge in [-0.2, -0.15) is 15.0 Å². The molecule has 0 aliphatic rings. The van der Waals surface area contributed by atoms with Crippen molar-refractivity contribution in [3.05, 3.63) is 29.6 Å². The van der Waals surface area contributed by atoms with Crippen molar-refractivity contribution in [3.8, 4) is 0 Å². The van der Waals surface area contributed by atoms with Gasteiger partial charge in [-0.3, -0.25) is 0 Å². The number of nitrogen functional groups attached to an aromatic ring is 1. The van der Waals surface area contributed by atoms with Crippen molar-refractivity contribution in [2.75, 3.05) is 30.0 Å². The highest BCUT2D eigenvalue weighted by atomic mass is 19.2. The summed E-state index contributed by atoms with van der Waals surface area (Å²) in [5.74, 6) is -4.15. The molecule has 1 aromatic carbocycles. The Morgan fingerprint density at radius 1 is 1.05 bits per heavy atom. The number of nitrogens with two attached hydrogens (primary N) is 1. The summed E-state index contributed by atoms with van der Waals surface area (Å²) in [4.78, 5) is 13.1. The molecule has 6 nitrogen and oxygen atoms in total. The van der Waals surface area contributed by atoms with Crippen LogP contribution in [-0.2, 0) is 0 Å². The Morgan fingerprint density at radius 3 is 2.40 bits per heavy atom. The van der Waals surface area contributed by atoms with Gasteiger partial charge in [0.25, 0.3) is 0 Å². The van der Waals surface area contributed by atoms with Crippen molar-refractivity contribution in [1.29, 1.82) is 0 Å². The second kappa shape index (κ2) is 5.19. The fourth-order valence-electron chi connectivity index (χ4n) is 1.38. The maximum atomic E-state index is 13.5. The maximum Gasteiger partial charge on any atom is 0.233 e. The summed E-state index contributed by atoms with van der Waals surface area (Å²) in [6.45, 7) is 0. The van der Waals surface area contributed by atoms with E-state index in [1.807, 2.05) is 0 Å². The van der Waals surface area contributed by atoms with Crippen molar-refractivity contribution in [1.82, 2.24) is 15.0 Å². The number of benzene rings is 1. The number of nitrogens with one attached hydrogen (secondary N) is 1. The van der Waals surface area contributed by atoms with Crippen LogP contribution in [0.5, 0.6) is 0 Å². The fourth-order valence-corrected chi connectivity index (χ4v) is 1.38. The first-order valence-electron chi connectivity index (χ1n) is 5.48. The number of hydrogen-bond donors (Lipinski definition) is 2. The maximum absolute atomic E-state index is 13.5. The molecule has 0 radical (unpaired) electrons. The van der Waals surface area contributed by atoms with Gasteiger partial charge in [0.15, 0.2) is 17.5 Å². The summed E-state index contributed by atoms with van der Waals surface area (Å²) in [6, 6.07) is 1.82. The van der Waals surface area contributed by atoms with Gasteiger partial charge in [0.1, 0.15) is 0 Å². The molecule has 2 aromatic rings. The molecule has 0 aliphatic carbocycles. The summed E-state index contributed by atoms with van der Waals surface area (Å²) in [5, 5.41) is 2.43. The monoisotopic (exact) mass is 284 g/mol. The van der Waals surface area contributed by atoms with Crippen molar-refractivity contribution >= 4 is 23.5 Å². The molecule has 106 valence electrons. The van der Waals surface area contributed by atoms with Gasteiger partial charge in [-0.1, -0.05) is 0 Å². The van der Waals surface area contributed by atoms with Crippen LogP contribution in [0.4, 0.5) is 36.7 Å². The first kappa shape index (κ1) is 13.8. The zero-order valence-corrected chi connectivity index (χ0v) is 10.7. The predicted molar refractivity (Wildman–Crippen MR) is 68.2 cm³/mol. The fraction of sp³-hybridized carbons (Fsp3) is 0.182. The standard InChI is InChI=1S/C11H11F3N6/c1-20(2)11-18-9(15)17-10(19-11)16-6-4-3-5(12)7(13)8(6)14/h3-4H,1-2H3,(H3,15,16,17,18,19). The van der Waals surface area contributed by atoms with Gasteiger partial charge in [0, 0.05) is 14.1 Å². The van der Waals surface area contributed by atoms with Crippen LogP contribution in [0.15, 0.2) is 12.1 Å². The largest absolute Gasteiger partial charge is 0.368 e. The van der Waals surface area contributed by atoms with Crippen LogP contribution in [0.2, 0.25) is 0 Å². The second-order valence-corrected chi connectivity index (χ2v) is 4.06. The van der Waals surface area contributed by atoms with Gasteiger partial charge in [0.05, 0.1) is 5.69 Å². The molecule has 0 saturated carbocycles. The van der Waals surface area contributed by atoms with Gasteiger partial charge in [0.2, 0.25) is 17.8 Å². The van der Waals surface area contributed by atoms with E-state index in [1.54, 1.807) is 19.0 Å². The summed E-state index contributed by atoms with van der Waals surface area (Å²) >= 11 is 0. The SMILES string of the molecule is CN(C)c1nc(N)nc(Nc2ccc(F)c(F)c2F)n1. The normalized spacial score (nSPS) is 10.4. The van der Waals surface area contributed by atoms with Crippen LogP contribution >= 0.6 is 0 Å². The Bertz CT molecular complexity index is 646. The first-order valence-corrected chi connectivity index (χ1v) is 5.48. The molecule has 20 heavy (non-hydrogen) atoms. The number of anilines is 4. The van der Waals surface area contributed by atoms with E-state index in [2.05, 4.69) is 20.3 Å². The quantitative estimate of drug-likeness (QED) is 0.835. The molecule has 0 bridgehead atoms. The number of halogens is 3. The van der Waals surface area contributed by atoms with Crippen LogP contribution in [0, 0.1) is 17.5 Å². The van der Waals surface area contributed by atoms with Crippen LogP contribution in [0.1, 0.15) is 0 Å². The minimum Gasteiger partial charge on any atom is -0.368 e. The molecule has 0 saturated heterocycles. The van der Waals surface area contributed by atoms with Crippen molar-refractivity contribution in [2.45, 2.75) is 0 Å². The molecule has 0 atom stereocenters. The molecule has 0 unspecified atom stereocenters. The van der Waals surface area contributed by atoms with E-state index in [0.29, 0.717) is 0 Å². The third kappa shape index (κ3) is 2.71. The van der Waals surface area contributed by atoms with Gasteiger partial charge in [-0.05, 0) is 12.1 Å². The molecule has 3 N–H and O–H groups in total. The van der Waals surface area contributed by atoms with E-state index in [-0.39, 0.29) is 23.5 Å². The molecule has 9 heteroatoms. The number of hydrogen-bond acceptors (Lipinski definition) is 6. The molecule has 1 heterocycles. The highest BCUT2D eigenvalue weighted by Gasteiger charge is 2.15.